The predicted molar refractivity (Wildman–Crippen MR) is 94.4 cm³/mol. The fraction of sp³-hybridized carbons (Fsp3) is 0.286. The molecule has 2 aromatic rings. The molecule has 0 saturated heterocycles. The summed E-state index contributed by atoms with van der Waals surface area (Å²) in [5.74, 6) is -0.173. The standard InChI is InChI=1S/C14H15Cl2N3OS.ClH/c15-10-4-3-9(11(16)6-10)2-1-5-18-14(20)12-8-21-13(7-17)19-12;/h3-4,6,8H,1-2,5,7,17H2,(H,18,20);1H. The second-order valence-corrected chi connectivity index (χ2v) is 6.21. The molecule has 22 heavy (non-hydrogen) atoms. The maximum Gasteiger partial charge on any atom is 0.270 e. The molecule has 0 fully saturated rings. The highest BCUT2D eigenvalue weighted by Gasteiger charge is 2.09. The van der Waals surface area contributed by atoms with E-state index in [2.05, 4.69) is 10.3 Å². The van der Waals surface area contributed by atoms with Crippen LogP contribution in [0.5, 0.6) is 0 Å². The van der Waals surface area contributed by atoms with Crippen molar-refractivity contribution >= 4 is 52.9 Å². The SMILES string of the molecule is Cl.NCc1nc(C(=O)NCCCc2ccc(Cl)cc2Cl)cs1. The summed E-state index contributed by atoms with van der Waals surface area (Å²) in [6.45, 7) is 0.917. The van der Waals surface area contributed by atoms with E-state index in [4.69, 9.17) is 28.9 Å². The van der Waals surface area contributed by atoms with Crippen LogP contribution in [-0.2, 0) is 13.0 Å². The Morgan fingerprint density at radius 2 is 2.14 bits per heavy atom. The van der Waals surface area contributed by atoms with Gasteiger partial charge in [-0.25, -0.2) is 4.98 Å². The lowest BCUT2D eigenvalue weighted by atomic mass is 10.1. The van der Waals surface area contributed by atoms with Crippen LogP contribution >= 0.6 is 46.9 Å². The number of carbonyl (C=O) groups is 1. The second-order valence-electron chi connectivity index (χ2n) is 4.43. The van der Waals surface area contributed by atoms with E-state index in [9.17, 15) is 4.79 Å². The fourth-order valence-corrected chi connectivity index (χ4v) is 2.96. The van der Waals surface area contributed by atoms with Gasteiger partial charge < -0.3 is 11.1 Å². The number of nitrogens with two attached hydrogens (primary N) is 1. The van der Waals surface area contributed by atoms with Crippen LogP contribution in [0.4, 0.5) is 0 Å². The highest BCUT2D eigenvalue weighted by Crippen LogP contribution is 2.21. The maximum absolute atomic E-state index is 11.8. The van der Waals surface area contributed by atoms with Crippen LogP contribution in [0.2, 0.25) is 10.0 Å². The molecule has 1 amide bonds. The second kappa shape index (κ2) is 9.33. The van der Waals surface area contributed by atoms with Crippen LogP contribution in [0.15, 0.2) is 23.6 Å². The van der Waals surface area contributed by atoms with Crippen molar-refractivity contribution in [2.45, 2.75) is 19.4 Å². The van der Waals surface area contributed by atoms with Gasteiger partial charge in [-0.3, -0.25) is 4.79 Å². The molecule has 0 spiro atoms. The van der Waals surface area contributed by atoms with E-state index in [0.717, 1.165) is 23.4 Å². The Kier molecular flexibility index (Phi) is 8.14. The number of rotatable bonds is 6. The molecule has 8 heteroatoms. The van der Waals surface area contributed by atoms with Gasteiger partial charge in [0.15, 0.2) is 0 Å². The third-order valence-corrected chi connectivity index (χ3v) is 4.34. The third-order valence-electron chi connectivity index (χ3n) is 2.88. The van der Waals surface area contributed by atoms with E-state index in [0.29, 0.717) is 28.8 Å². The molecule has 0 bridgehead atoms. The number of aryl methyl sites for hydroxylation is 1. The van der Waals surface area contributed by atoms with Crippen molar-refractivity contribution in [1.29, 1.82) is 0 Å². The summed E-state index contributed by atoms with van der Waals surface area (Å²) in [6.07, 6.45) is 1.57. The maximum atomic E-state index is 11.8. The summed E-state index contributed by atoms with van der Waals surface area (Å²) in [5, 5.41) is 6.58. The minimum Gasteiger partial charge on any atom is -0.351 e. The minimum absolute atomic E-state index is 0. The Balaban J connectivity index is 0.00000242. The highest BCUT2D eigenvalue weighted by atomic mass is 35.5. The van der Waals surface area contributed by atoms with Crippen LogP contribution in [0.25, 0.3) is 0 Å². The minimum atomic E-state index is -0.173. The van der Waals surface area contributed by atoms with E-state index in [1.165, 1.54) is 11.3 Å². The van der Waals surface area contributed by atoms with Gasteiger partial charge in [0.1, 0.15) is 10.7 Å². The molecule has 2 rings (SSSR count). The van der Waals surface area contributed by atoms with Crippen molar-refractivity contribution in [1.82, 2.24) is 10.3 Å². The molecule has 1 aromatic carbocycles. The Labute approximate surface area is 149 Å². The van der Waals surface area contributed by atoms with E-state index in [1.54, 1.807) is 11.4 Å². The zero-order valence-corrected chi connectivity index (χ0v) is 14.8. The lowest BCUT2D eigenvalue weighted by molar-refractivity contribution is 0.0949. The van der Waals surface area contributed by atoms with Crippen LogP contribution in [-0.4, -0.2) is 17.4 Å². The van der Waals surface area contributed by atoms with E-state index < -0.39 is 0 Å². The first kappa shape index (κ1) is 19.2. The first-order valence-electron chi connectivity index (χ1n) is 6.46. The zero-order valence-electron chi connectivity index (χ0n) is 11.6. The summed E-state index contributed by atoms with van der Waals surface area (Å²) >= 11 is 13.3. The fourth-order valence-electron chi connectivity index (χ4n) is 1.80. The first-order valence-corrected chi connectivity index (χ1v) is 8.10. The molecular formula is C14H16Cl3N3OS. The van der Waals surface area contributed by atoms with Crippen molar-refractivity contribution < 1.29 is 4.79 Å². The average Bonchev–Trinajstić information content (AvgIpc) is 2.94. The number of nitrogens with one attached hydrogen (secondary N) is 1. The largest absolute Gasteiger partial charge is 0.351 e. The number of hydrogen-bond donors (Lipinski definition) is 2. The number of carbonyl (C=O) groups excluding carboxylic acids is 1. The first-order chi connectivity index (χ1) is 10.1. The average molecular weight is 381 g/mol. The van der Waals surface area contributed by atoms with Gasteiger partial charge in [-0.05, 0) is 30.5 Å². The Morgan fingerprint density at radius 3 is 2.77 bits per heavy atom. The number of halogens is 3. The Hall–Kier alpha value is -0.850. The lowest BCUT2D eigenvalue weighted by Gasteiger charge is -2.06. The van der Waals surface area contributed by atoms with E-state index in [1.807, 2.05) is 12.1 Å². The van der Waals surface area contributed by atoms with Crippen molar-refractivity contribution in [3.63, 3.8) is 0 Å². The predicted octanol–water partition coefficient (Wildman–Crippen LogP) is 3.69. The van der Waals surface area contributed by atoms with Crippen molar-refractivity contribution in [3.8, 4) is 0 Å². The molecule has 0 atom stereocenters. The van der Waals surface area contributed by atoms with Crippen LogP contribution in [0.1, 0.15) is 27.5 Å². The smallest absolute Gasteiger partial charge is 0.270 e. The van der Waals surface area contributed by atoms with Gasteiger partial charge in [0.05, 0.1) is 0 Å². The topological polar surface area (TPSA) is 68.0 Å². The summed E-state index contributed by atoms with van der Waals surface area (Å²) < 4.78 is 0. The molecule has 3 N–H and O–H groups in total. The molecular weight excluding hydrogens is 365 g/mol. The van der Waals surface area contributed by atoms with Gasteiger partial charge in [0, 0.05) is 28.5 Å². The number of benzene rings is 1. The molecule has 0 saturated carbocycles. The summed E-state index contributed by atoms with van der Waals surface area (Å²) in [7, 11) is 0. The summed E-state index contributed by atoms with van der Waals surface area (Å²) in [6, 6.07) is 5.44. The lowest BCUT2D eigenvalue weighted by Crippen LogP contribution is -2.25. The van der Waals surface area contributed by atoms with Gasteiger partial charge in [-0.1, -0.05) is 29.3 Å². The molecule has 0 aliphatic heterocycles. The summed E-state index contributed by atoms with van der Waals surface area (Å²) in [5.41, 5.74) is 6.91. The van der Waals surface area contributed by atoms with Gasteiger partial charge in [0.25, 0.3) is 5.91 Å². The number of nitrogens with zero attached hydrogens (tertiary/aromatic N) is 1. The normalized spacial score (nSPS) is 10.1. The summed E-state index contributed by atoms with van der Waals surface area (Å²) in [4.78, 5) is 16.0. The molecule has 0 radical (unpaired) electrons. The van der Waals surface area contributed by atoms with Crippen LogP contribution in [0, 0.1) is 0 Å². The highest BCUT2D eigenvalue weighted by molar-refractivity contribution is 7.09. The van der Waals surface area contributed by atoms with Crippen LogP contribution in [0.3, 0.4) is 0 Å². The number of thiazole rings is 1. The number of amides is 1. The quantitative estimate of drug-likeness (QED) is 0.751. The van der Waals surface area contributed by atoms with Crippen molar-refractivity contribution in [3.05, 3.63) is 49.9 Å². The van der Waals surface area contributed by atoms with Crippen LogP contribution < -0.4 is 11.1 Å². The van der Waals surface area contributed by atoms with Gasteiger partial charge in [-0.15, -0.1) is 23.7 Å². The molecule has 1 aromatic heterocycles. The third kappa shape index (κ3) is 5.41. The molecule has 0 aliphatic rings. The molecule has 0 unspecified atom stereocenters. The Bertz CT molecular complexity index is 634. The van der Waals surface area contributed by atoms with E-state index >= 15 is 0 Å². The monoisotopic (exact) mass is 379 g/mol. The molecule has 4 nitrogen and oxygen atoms in total. The molecule has 0 aliphatic carbocycles. The van der Waals surface area contributed by atoms with Gasteiger partial charge in [0.2, 0.25) is 0 Å². The zero-order chi connectivity index (χ0) is 15.2. The number of aromatic nitrogens is 1. The van der Waals surface area contributed by atoms with Gasteiger partial charge >= 0.3 is 0 Å². The molecule has 120 valence electrons. The van der Waals surface area contributed by atoms with Crippen molar-refractivity contribution in [2.75, 3.05) is 6.54 Å². The van der Waals surface area contributed by atoms with Crippen molar-refractivity contribution in [2.24, 2.45) is 5.73 Å². The van der Waals surface area contributed by atoms with E-state index in [-0.39, 0.29) is 18.3 Å². The Morgan fingerprint density at radius 1 is 1.36 bits per heavy atom. The number of hydrogen-bond acceptors (Lipinski definition) is 4. The van der Waals surface area contributed by atoms with Gasteiger partial charge in [-0.2, -0.15) is 0 Å². The molecule has 1 heterocycles.